The highest BCUT2D eigenvalue weighted by molar-refractivity contribution is 7.67. The van der Waals surface area contributed by atoms with Crippen molar-refractivity contribution < 1.29 is 96.9 Å². The number of fused-ring (bicyclic) bond motifs is 2. The van der Waals surface area contributed by atoms with Crippen LogP contribution in [0.4, 0.5) is 0 Å². The van der Waals surface area contributed by atoms with Gasteiger partial charge in [-0.2, -0.15) is 8.42 Å². The van der Waals surface area contributed by atoms with Crippen molar-refractivity contribution in [2.24, 2.45) is 11.7 Å². The maximum Gasteiger partial charge on any atom is 0.299 e. The zero-order chi connectivity index (χ0) is 59.5. The molecule has 0 spiro atoms. The lowest BCUT2D eigenvalue weighted by Gasteiger charge is -2.34. The molecule has 3 aliphatic heterocycles. The molecule has 3 saturated heterocycles. The number of phenols is 1. The van der Waals surface area contributed by atoms with E-state index in [-0.39, 0.29) is 6.42 Å². The molecule has 15 atom stereocenters. The summed E-state index contributed by atoms with van der Waals surface area (Å²) < 4.78 is 27.3. The Morgan fingerprint density at radius 2 is 1.30 bits per heavy atom. The van der Waals surface area contributed by atoms with Crippen LogP contribution < -0.4 is 36.5 Å². The maximum absolute atomic E-state index is 14.6. The molecule has 29 heteroatoms. The van der Waals surface area contributed by atoms with Crippen molar-refractivity contribution in [3.05, 3.63) is 23.8 Å². The first-order valence-corrected chi connectivity index (χ1v) is 28.4. The fourth-order valence-electron chi connectivity index (χ4n) is 10.0. The summed E-state index contributed by atoms with van der Waals surface area (Å²) in [5.41, 5.74) is 4.88. The van der Waals surface area contributed by atoms with E-state index in [1.165, 1.54) is 45.4 Å². The van der Waals surface area contributed by atoms with Gasteiger partial charge in [-0.25, -0.2) is 0 Å². The van der Waals surface area contributed by atoms with Crippen LogP contribution in [0.5, 0.6) is 11.5 Å². The first kappa shape index (κ1) is 66.7. The quantitative estimate of drug-likeness (QED) is 0.0347. The molecule has 0 radical (unpaired) electrons. The third-order valence-electron chi connectivity index (χ3n) is 14.6. The van der Waals surface area contributed by atoms with E-state index in [9.17, 15) is 92.7 Å². The minimum absolute atomic E-state index is 0.104. The first-order chi connectivity index (χ1) is 37.8. The number of primary amides is 1. The van der Waals surface area contributed by atoms with E-state index in [0.29, 0.717) is 22.6 Å². The fraction of sp³-hybridized carbons (Fsp3) is 0.725. The van der Waals surface area contributed by atoms with Crippen LogP contribution in [-0.2, 0) is 49.3 Å². The molecule has 452 valence electrons. The van der Waals surface area contributed by atoms with Gasteiger partial charge in [0.15, 0.2) is 17.7 Å². The molecule has 0 aromatic heterocycles. The van der Waals surface area contributed by atoms with Crippen LogP contribution in [0.2, 0.25) is 0 Å². The van der Waals surface area contributed by atoms with Crippen LogP contribution in [0.15, 0.2) is 18.2 Å². The number of aromatic hydroxyl groups is 1. The molecule has 1 aromatic carbocycles. The van der Waals surface area contributed by atoms with Gasteiger partial charge in [0.05, 0.1) is 30.8 Å². The van der Waals surface area contributed by atoms with Crippen molar-refractivity contribution in [2.45, 2.75) is 215 Å². The van der Waals surface area contributed by atoms with E-state index in [1.54, 1.807) is 0 Å². The third kappa shape index (κ3) is 19.2. The van der Waals surface area contributed by atoms with Crippen molar-refractivity contribution in [1.29, 1.82) is 0 Å². The number of aliphatic hydroxyl groups is 8. The maximum atomic E-state index is 14.6. The molecule has 3 aliphatic rings. The Bertz CT molecular complexity index is 2360. The van der Waals surface area contributed by atoms with Crippen molar-refractivity contribution >= 4 is 58.2 Å². The Morgan fingerprint density at radius 3 is 1.88 bits per heavy atom. The third-order valence-corrected chi connectivity index (χ3v) is 14.9. The van der Waals surface area contributed by atoms with Gasteiger partial charge in [-0.1, -0.05) is 97.0 Å². The lowest BCUT2D eigenvalue weighted by atomic mass is 9.96. The molecule has 1 aromatic rings. The number of hydrogen-bond donors (Lipinski definition) is 16. The largest absolute Gasteiger partial charge is 0.504 e. The summed E-state index contributed by atoms with van der Waals surface area (Å²) in [6.45, 7) is 3.46. The number of benzene rings is 1. The molecule has 3 fully saturated rings. The predicted molar refractivity (Wildman–Crippen MR) is 281 cm³/mol. The van der Waals surface area contributed by atoms with E-state index in [2.05, 4.69) is 32.4 Å². The average molecular weight is 1160 g/mol. The molecular weight excluding hydrogens is 1080 g/mol. The number of unbranched alkanes of at least 4 members (excludes halogenated alkanes) is 12. The molecule has 8 amide bonds. The Kier molecular flexibility index (Phi) is 26.7. The summed E-state index contributed by atoms with van der Waals surface area (Å²) in [6.07, 6.45) is -6.01. The summed E-state index contributed by atoms with van der Waals surface area (Å²) in [7, 11) is -3.66. The zero-order valence-corrected chi connectivity index (χ0v) is 46.2. The zero-order valence-electron chi connectivity index (χ0n) is 45.3. The number of rotatable bonds is 24. The smallest absolute Gasteiger partial charge is 0.299 e. The average Bonchev–Trinajstić information content (AvgIpc) is 3.94. The number of nitrogens with two attached hydrogens (primary N) is 1. The van der Waals surface area contributed by atoms with Crippen molar-refractivity contribution in [1.82, 2.24) is 36.4 Å². The fourth-order valence-corrected chi connectivity index (χ4v) is 10.4. The lowest BCUT2D eigenvalue weighted by Crippen LogP contribution is -2.64. The Labute approximate surface area is 465 Å². The summed E-state index contributed by atoms with van der Waals surface area (Å²) in [5.74, 6) is -12.7. The highest BCUT2D eigenvalue weighted by Crippen LogP contribution is 2.32. The number of phenolic OH excluding ortho intramolecular Hbond substituents is 1. The monoisotopic (exact) mass is 1160 g/mol. The number of nitrogens with zero attached hydrogens (tertiary/aromatic N) is 2. The van der Waals surface area contributed by atoms with E-state index >= 15 is 0 Å². The minimum atomic E-state index is -3.66. The van der Waals surface area contributed by atoms with Crippen LogP contribution in [0.3, 0.4) is 0 Å². The Hall–Kier alpha value is -5.79. The van der Waals surface area contributed by atoms with E-state index in [1.807, 2.05) is 5.32 Å². The summed E-state index contributed by atoms with van der Waals surface area (Å²) in [6, 6.07) is -9.99. The van der Waals surface area contributed by atoms with E-state index in [4.69, 9.17) is 5.73 Å². The number of carbonyl (C=O) groups excluding carboxylic acids is 8. The molecule has 16 N–H and O–H groups in total. The van der Waals surface area contributed by atoms with Crippen molar-refractivity contribution in [2.75, 3.05) is 13.1 Å². The van der Waals surface area contributed by atoms with Crippen molar-refractivity contribution in [3.63, 3.8) is 0 Å². The van der Waals surface area contributed by atoms with Crippen LogP contribution >= 0.6 is 0 Å². The molecule has 4 rings (SSSR count). The predicted octanol–water partition coefficient (Wildman–Crippen LogP) is -3.90. The van der Waals surface area contributed by atoms with Crippen molar-refractivity contribution in [3.8, 4) is 11.5 Å². The molecule has 0 saturated carbocycles. The topological polar surface area (TPSA) is 455 Å². The van der Waals surface area contributed by atoms with Gasteiger partial charge in [0.2, 0.25) is 47.3 Å². The molecule has 0 aliphatic carbocycles. The first-order valence-electron chi connectivity index (χ1n) is 27.3. The molecule has 80 heavy (non-hydrogen) atoms. The summed E-state index contributed by atoms with van der Waals surface area (Å²) in [4.78, 5) is 113. The number of amides is 8. The van der Waals surface area contributed by atoms with Gasteiger partial charge in [0, 0.05) is 38.3 Å². The van der Waals surface area contributed by atoms with Crippen LogP contribution in [-0.4, -0.2) is 204 Å². The summed E-state index contributed by atoms with van der Waals surface area (Å²) in [5, 5.41) is 111. The van der Waals surface area contributed by atoms with Gasteiger partial charge >= 0.3 is 0 Å². The second-order valence-corrected chi connectivity index (χ2v) is 21.7. The van der Waals surface area contributed by atoms with Crippen LogP contribution in [0, 0.1) is 5.92 Å². The SMILES string of the molecule is CCCCCCCCCCCCCCCC(=O)NC1CC(O)C(O)NC(=O)C2C(O)C(C)CN2C(=O)C(C(O)CC(N)=O)NC(=O)C(C(O)C(O)c2ccc(O)c(O[SH](=O)=O)c2)NC(=O)C2CC(O)CN2C(=O)C(C(C)O)NC1=O. The second-order valence-electron chi connectivity index (χ2n) is 21.1. The second kappa shape index (κ2) is 32.0. The van der Waals surface area contributed by atoms with E-state index < -0.39 is 199 Å². The number of nitrogens with one attached hydrogen (secondary N) is 5. The Balaban J connectivity index is 1.73. The van der Waals surface area contributed by atoms with Gasteiger partial charge in [-0.05, 0) is 31.0 Å². The van der Waals surface area contributed by atoms with Gasteiger partial charge in [0.25, 0.3) is 11.0 Å². The number of carbonyl (C=O) groups is 8. The summed E-state index contributed by atoms with van der Waals surface area (Å²) >= 11 is 0. The van der Waals surface area contributed by atoms with Gasteiger partial charge < -0.3 is 92.3 Å². The number of hydrogen-bond acceptors (Lipinski definition) is 20. The van der Waals surface area contributed by atoms with E-state index in [0.717, 1.165) is 57.2 Å². The Morgan fingerprint density at radius 1 is 0.738 bits per heavy atom. The molecule has 0 bridgehead atoms. The standard InChI is InChI=1S/C51H82N8O20S/c1-4-5-6-7-8-9-10-11-12-13-14-15-16-17-37(66)53-30-22-34(64)47(72)57-49(74)41-42(67)26(2)24-59(41)51(76)39(33(63)23-36(52)65)55-48(73)40(44(69)43(68)28-18-19-32(62)35(20-28)79-80(77)78)56-46(71)31-21-29(61)25-58(31)50(75)38(27(3)60)54-45(30)70/h18-20,26-27,29-31,33-34,38-44,47,60-64,67-69,72,80H,4-17,21-25H2,1-3H3,(H2,52,65)(H,53,66)(H,54,70)(H,55,73)(H,56,71)(H,57,74). The highest BCUT2D eigenvalue weighted by atomic mass is 32.2. The van der Waals surface area contributed by atoms with Crippen LogP contribution in [0.25, 0.3) is 0 Å². The molecular formula is C51H82N8O20S. The van der Waals surface area contributed by atoms with Gasteiger partial charge in [-0.3, -0.25) is 38.4 Å². The number of thiol groups is 1. The molecule has 28 nitrogen and oxygen atoms in total. The van der Waals surface area contributed by atoms with Gasteiger partial charge in [-0.15, -0.1) is 0 Å². The molecule has 3 heterocycles. The number of aliphatic hydroxyl groups excluding tert-OH is 8. The van der Waals surface area contributed by atoms with Gasteiger partial charge in [0.1, 0.15) is 54.6 Å². The normalized spacial score (nSPS) is 28.1. The molecule has 15 unspecified atom stereocenters. The minimum Gasteiger partial charge on any atom is -0.504 e. The van der Waals surface area contributed by atoms with Crippen LogP contribution in [0.1, 0.15) is 142 Å². The lowest BCUT2D eigenvalue weighted by molar-refractivity contribution is -0.149. The highest BCUT2D eigenvalue weighted by Gasteiger charge is 2.51.